The Labute approximate surface area is 177 Å². The fraction of sp³-hybridized carbons (Fsp3) is 0.185. The number of aryl methyl sites for hydroxylation is 2. The van der Waals surface area contributed by atoms with Crippen LogP contribution in [0.25, 0.3) is 22.2 Å². The van der Waals surface area contributed by atoms with Gasteiger partial charge in [-0.25, -0.2) is 4.98 Å². The Balaban J connectivity index is 1.59. The summed E-state index contributed by atoms with van der Waals surface area (Å²) in [5, 5.41) is 0.911. The largest absolute Gasteiger partial charge is 0.334 e. The van der Waals surface area contributed by atoms with Gasteiger partial charge in [0.1, 0.15) is 0 Å². The smallest absolute Gasteiger partial charge is 0.254 e. The van der Waals surface area contributed by atoms with Crippen molar-refractivity contribution in [3.05, 3.63) is 101 Å². The van der Waals surface area contributed by atoms with Crippen molar-refractivity contribution < 1.29 is 4.79 Å². The summed E-state index contributed by atoms with van der Waals surface area (Å²) in [6.45, 7) is 5.61. The maximum absolute atomic E-state index is 13.6. The first-order valence-corrected chi connectivity index (χ1v) is 10.4. The highest BCUT2D eigenvalue weighted by molar-refractivity contribution is 6.07. The van der Waals surface area contributed by atoms with E-state index in [9.17, 15) is 4.79 Å². The molecule has 148 valence electrons. The predicted molar refractivity (Wildman–Crippen MR) is 122 cm³/mol. The van der Waals surface area contributed by atoms with Gasteiger partial charge >= 0.3 is 0 Å². The Hall–Kier alpha value is -3.46. The minimum atomic E-state index is 0.0770. The molecule has 0 unspecified atom stereocenters. The number of aromatic nitrogens is 1. The average molecular weight is 393 g/mol. The minimum Gasteiger partial charge on any atom is -0.334 e. The fourth-order valence-corrected chi connectivity index (χ4v) is 4.24. The van der Waals surface area contributed by atoms with Crippen molar-refractivity contribution in [2.45, 2.75) is 26.8 Å². The summed E-state index contributed by atoms with van der Waals surface area (Å²) >= 11 is 0. The summed E-state index contributed by atoms with van der Waals surface area (Å²) in [6.07, 6.45) is 0.898. The van der Waals surface area contributed by atoms with Gasteiger partial charge in [0, 0.05) is 24.0 Å². The maximum atomic E-state index is 13.6. The predicted octanol–water partition coefficient (Wildman–Crippen LogP) is 5.72. The zero-order valence-electron chi connectivity index (χ0n) is 17.4. The first-order valence-electron chi connectivity index (χ1n) is 10.4. The van der Waals surface area contributed by atoms with E-state index in [-0.39, 0.29) is 5.91 Å². The van der Waals surface area contributed by atoms with Gasteiger partial charge in [0.15, 0.2) is 0 Å². The summed E-state index contributed by atoms with van der Waals surface area (Å²) in [6, 6.07) is 24.7. The second-order valence-corrected chi connectivity index (χ2v) is 8.12. The van der Waals surface area contributed by atoms with Crippen molar-refractivity contribution in [2.75, 3.05) is 6.54 Å². The van der Waals surface area contributed by atoms with Crippen LogP contribution in [0.1, 0.15) is 32.6 Å². The lowest BCUT2D eigenvalue weighted by Gasteiger charge is -2.29. The summed E-state index contributed by atoms with van der Waals surface area (Å²) in [7, 11) is 0. The van der Waals surface area contributed by atoms with E-state index in [0.29, 0.717) is 6.54 Å². The lowest BCUT2D eigenvalue weighted by atomic mass is 9.97. The maximum Gasteiger partial charge on any atom is 0.254 e. The van der Waals surface area contributed by atoms with Crippen molar-refractivity contribution >= 4 is 16.8 Å². The number of fused-ring (bicyclic) bond motifs is 2. The van der Waals surface area contributed by atoms with Gasteiger partial charge in [0.25, 0.3) is 5.91 Å². The van der Waals surface area contributed by atoms with Gasteiger partial charge in [-0.05, 0) is 60.7 Å². The van der Waals surface area contributed by atoms with E-state index in [4.69, 9.17) is 4.98 Å². The van der Waals surface area contributed by atoms with Crippen LogP contribution < -0.4 is 0 Å². The van der Waals surface area contributed by atoms with Gasteiger partial charge in [-0.1, -0.05) is 54.6 Å². The lowest BCUT2D eigenvalue weighted by Crippen LogP contribution is -2.36. The molecular formula is C27H24N2O. The molecule has 0 bridgehead atoms. The highest BCUT2D eigenvalue weighted by atomic mass is 16.2. The molecule has 0 N–H and O–H groups in total. The highest BCUT2D eigenvalue weighted by Crippen LogP contribution is 2.28. The monoisotopic (exact) mass is 392 g/mol. The van der Waals surface area contributed by atoms with Crippen molar-refractivity contribution in [1.82, 2.24) is 9.88 Å². The molecule has 1 aromatic heterocycles. The molecule has 3 nitrogen and oxygen atoms in total. The second kappa shape index (κ2) is 7.42. The Morgan fingerprint density at radius 3 is 2.47 bits per heavy atom. The third kappa shape index (κ3) is 3.26. The van der Waals surface area contributed by atoms with Crippen LogP contribution in [0.5, 0.6) is 0 Å². The van der Waals surface area contributed by atoms with E-state index in [0.717, 1.165) is 40.7 Å². The number of nitrogens with zero attached hydrogens (tertiary/aromatic N) is 2. The van der Waals surface area contributed by atoms with Crippen molar-refractivity contribution in [2.24, 2.45) is 0 Å². The van der Waals surface area contributed by atoms with Gasteiger partial charge in [-0.2, -0.15) is 0 Å². The van der Waals surface area contributed by atoms with Crippen molar-refractivity contribution in [3.8, 4) is 11.3 Å². The van der Waals surface area contributed by atoms with Gasteiger partial charge in [-0.15, -0.1) is 0 Å². The highest BCUT2D eigenvalue weighted by Gasteiger charge is 2.24. The van der Waals surface area contributed by atoms with Crippen LogP contribution >= 0.6 is 0 Å². The number of rotatable bonds is 2. The third-order valence-electron chi connectivity index (χ3n) is 6.17. The van der Waals surface area contributed by atoms with Crippen LogP contribution in [0.15, 0.2) is 72.8 Å². The van der Waals surface area contributed by atoms with E-state index >= 15 is 0 Å². The average Bonchev–Trinajstić information content (AvgIpc) is 2.79. The van der Waals surface area contributed by atoms with Crippen LogP contribution in [0.2, 0.25) is 0 Å². The number of amides is 1. The molecule has 0 aliphatic carbocycles. The van der Waals surface area contributed by atoms with E-state index in [1.807, 2.05) is 41.3 Å². The quantitative estimate of drug-likeness (QED) is 0.437. The molecule has 0 fully saturated rings. The minimum absolute atomic E-state index is 0.0770. The molecule has 1 aliphatic heterocycles. The molecule has 2 heterocycles. The Morgan fingerprint density at radius 2 is 1.63 bits per heavy atom. The van der Waals surface area contributed by atoms with E-state index < -0.39 is 0 Å². The van der Waals surface area contributed by atoms with Crippen LogP contribution in [-0.4, -0.2) is 22.3 Å². The molecule has 0 spiro atoms. The molecule has 0 atom stereocenters. The molecule has 3 aromatic carbocycles. The number of pyridine rings is 1. The SMILES string of the molecule is Cc1ccc(-c2cc(C(=O)N3CCc4ccccc4C3)c3ccccc3n2)cc1C. The number of hydrogen-bond donors (Lipinski definition) is 0. The molecule has 1 aliphatic rings. The zero-order chi connectivity index (χ0) is 20.7. The van der Waals surface area contributed by atoms with E-state index in [2.05, 4.69) is 50.2 Å². The normalized spacial score (nSPS) is 13.3. The van der Waals surface area contributed by atoms with Crippen LogP contribution in [0.3, 0.4) is 0 Å². The van der Waals surface area contributed by atoms with Crippen molar-refractivity contribution in [1.29, 1.82) is 0 Å². The van der Waals surface area contributed by atoms with E-state index in [1.165, 1.54) is 22.3 Å². The molecule has 4 aromatic rings. The summed E-state index contributed by atoms with van der Waals surface area (Å²) in [4.78, 5) is 20.5. The first kappa shape index (κ1) is 18.6. The van der Waals surface area contributed by atoms with Crippen LogP contribution in [0, 0.1) is 13.8 Å². The zero-order valence-corrected chi connectivity index (χ0v) is 17.4. The van der Waals surface area contributed by atoms with Gasteiger partial charge < -0.3 is 4.90 Å². The molecule has 0 saturated heterocycles. The number of hydrogen-bond acceptors (Lipinski definition) is 2. The van der Waals surface area contributed by atoms with E-state index in [1.54, 1.807) is 0 Å². The third-order valence-corrected chi connectivity index (χ3v) is 6.17. The summed E-state index contributed by atoms with van der Waals surface area (Å²) < 4.78 is 0. The topological polar surface area (TPSA) is 33.2 Å². The molecule has 5 rings (SSSR count). The Morgan fingerprint density at radius 1 is 0.867 bits per heavy atom. The van der Waals surface area contributed by atoms with Crippen LogP contribution in [0.4, 0.5) is 0 Å². The number of carbonyl (C=O) groups excluding carboxylic acids is 1. The fourth-order valence-electron chi connectivity index (χ4n) is 4.24. The Kier molecular flexibility index (Phi) is 4.59. The van der Waals surface area contributed by atoms with Gasteiger partial charge in [-0.3, -0.25) is 4.79 Å². The van der Waals surface area contributed by atoms with Crippen molar-refractivity contribution in [3.63, 3.8) is 0 Å². The lowest BCUT2D eigenvalue weighted by molar-refractivity contribution is 0.0736. The second-order valence-electron chi connectivity index (χ2n) is 8.12. The molecule has 30 heavy (non-hydrogen) atoms. The molecular weight excluding hydrogens is 368 g/mol. The summed E-state index contributed by atoms with van der Waals surface area (Å²) in [5.74, 6) is 0.0770. The Bertz CT molecular complexity index is 1280. The number of carbonyl (C=O) groups is 1. The van der Waals surface area contributed by atoms with Crippen LogP contribution in [-0.2, 0) is 13.0 Å². The number of benzene rings is 3. The summed E-state index contributed by atoms with van der Waals surface area (Å²) in [5.41, 5.74) is 8.54. The molecule has 3 heteroatoms. The van der Waals surface area contributed by atoms with Gasteiger partial charge in [0.05, 0.1) is 16.8 Å². The van der Waals surface area contributed by atoms with Gasteiger partial charge in [0.2, 0.25) is 0 Å². The molecule has 1 amide bonds. The standard InChI is InChI=1S/C27H24N2O/c1-18-11-12-21(15-19(18)2)26-16-24(23-9-5-6-10-25(23)28-26)27(30)29-14-13-20-7-3-4-8-22(20)17-29/h3-12,15-16H,13-14,17H2,1-2H3. The molecule has 0 radical (unpaired) electrons. The number of para-hydroxylation sites is 1. The first-order chi connectivity index (χ1) is 14.6. The molecule has 0 saturated carbocycles.